The fraction of sp³-hybridized carbons (Fsp3) is 0.692. The lowest BCUT2D eigenvalue weighted by Gasteiger charge is -2.21. The zero-order valence-corrected chi connectivity index (χ0v) is 10.5. The van der Waals surface area contributed by atoms with E-state index in [1.807, 2.05) is 0 Å². The van der Waals surface area contributed by atoms with Gasteiger partial charge < -0.3 is 10.3 Å². The average Bonchev–Trinajstić information content (AvgIpc) is 2.29. The van der Waals surface area contributed by atoms with Crippen LogP contribution in [0.1, 0.15) is 44.3 Å². The van der Waals surface area contributed by atoms with E-state index in [4.69, 9.17) is 0 Å². The number of aromatic amines is 1. The lowest BCUT2D eigenvalue weighted by molar-refractivity contribution is 0.345. The van der Waals surface area contributed by atoms with Crippen molar-refractivity contribution in [2.24, 2.45) is 5.92 Å². The highest BCUT2D eigenvalue weighted by Crippen LogP contribution is 2.25. The minimum atomic E-state index is -0.0855. The Balaban J connectivity index is 1.79. The summed E-state index contributed by atoms with van der Waals surface area (Å²) >= 11 is 0. The van der Waals surface area contributed by atoms with Crippen LogP contribution in [-0.4, -0.2) is 16.5 Å². The topological polar surface area (TPSA) is 57.8 Å². The Labute approximate surface area is 102 Å². The van der Waals surface area contributed by atoms with Gasteiger partial charge in [-0.15, -0.1) is 0 Å². The number of nitrogens with zero attached hydrogens (tertiary/aromatic N) is 1. The number of rotatable bonds is 4. The van der Waals surface area contributed by atoms with Crippen LogP contribution in [0, 0.1) is 12.8 Å². The number of H-pyrrole nitrogens is 1. The number of aryl methyl sites for hydroxylation is 1. The van der Waals surface area contributed by atoms with Crippen molar-refractivity contribution in [1.29, 1.82) is 0 Å². The Hall–Kier alpha value is -1.32. The summed E-state index contributed by atoms with van der Waals surface area (Å²) in [6.07, 6.45) is 8.08. The third-order valence-corrected chi connectivity index (χ3v) is 3.44. The molecule has 0 aromatic carbocycles. The predicted octanol–water partition coefficient (Wildman–Crippen LogP) is 2.46. The van der Waals surface area contributed by atoms with Gasteiger partial charge in [-0.05, 0) is 19.3 Å². The summed E-state index contributed by atoms with van der Waals surface area (Å²) in [7, 11) is 0. The van der Waals surface area contributed by atoms with E-state index in [-0.39, 0.29) is 5.56 Å². The molecule has 0 bridgehead atoms. The first-order chi connectivity index (χ1) is 8.24. The van der Waals surface area contributed by atoms with E-state index in [0.29, 0.717) is 11.6 Å². The van der Waals surface area contributed by atoms with Crippen molar-refractivity contribution in [3.8, 4) is 0 Å². The van der Waals surface area contributed by atoms with Crippen molar-refractivity contribution in [2.45, 2.75) is 45.4 Å². The molecule has 4 nitrogen and oxygen atoms in total. The predicted molar refractivity (Wildman–Crippen MR) is 69.3 cm³/mol. The van der Waals surface area contributed by atoms with Crippen molar-refractivity contribution >= 4 is 5.82 Å². The monoisotopic (exact) mass is 235 g/mol. The second-order valence-electron chi connectivity index (χ2n) is 4.94. The van der Waals surface area contributed by atoms with Crippen LogP contribution in [0.15, 0.2) is 10.9 Å². The van der Waals surface area contributed by atoms with Gasteiger partial charge in [-0.2, -0.15) is 0 Å². The van der Waals surface area contributed by atoms with Crippen LogP contribution in [-0.2, 0) is 0 Å². The van der Waals surface area contributed by atoms with Gasteiger partial charge in [0.15, 0.2) is 0 Å². The van der Waals surface area contributed by atoms with Crippen LogP contribution in [0.5, 0.6) is 0 Å². The molecule has 0 unspecified atom stereocenters. The van der Waals surface area contributed by atoms with Gasteiger partial charge in [0.1, 0.15) is 11.6 Å². The molecule has 4 heteroatoms. The second-order valence-corrected chi connectivity index (χ2v) is 4.94. The molecule has 1 heterocycles. The highest BCUT2D eigenvalue weighted by molar-refractivity contribution is 5.32. The minimum absolute atomic E-state index is 0.0855. The van der Waals surface area contributed by atoms with Crippen molar-refractivity contribution in [3.63, 3.8) is 0 Å². The molecule has 1 aromatic rings. The van der Waals surface area contributed by atoms with Gasteiger partial charge in [0.25, 0.3) is 5.56 Å². The third-order valence-electron chi connectivity index (χ3n) is 3.44. The number of anilines is 1. The van der Waals surface area contributed by atoms with E-state index >= 15 is 0 Å². The molecule has 1 aromatic heterocycles. The zero-order valence-electron chi connectivity index (χ0n) is 10.5. The SMILES string of the molecule is Cc1nc(NCCC2CCCCC2)cc(=O)[nH]1. The van der Waals surface area contributed by atoms with E-state index in [9.17, 15) is 4.79 Å². The molecule has 1 fully saturated rings. The van der Waals surface area contributed by atoms with Gasteiger partial charge >= 0.3 is 0 Å². The Bertz CT molecular complexity index is 407. The maximum atomic E-state index is 11.2. The molecular weight excluding hydrogens is 214 g/mol. The fourth-order valence-electron chi connectivity index (χ4n) is 2.55. The number of nitrogens with one attached hydrogen (secondary N) is 2. The second kappa shape index (κ2) is 5.84. The molecule has 0 aliphatic heterocycles. The van der Waals surface area contributed by atoms with Gasteiger partial charge in [-0.3, -0.25) is 4.79 Å². The summed E-state index contributed by atoms with van der Waals surface area (Å²) < 4.78 is 0. The van der Waals surface area contributed by atoms with E-state index in [0.717, 1.165) is 12.5 Å². The number of hydrogen-bond acceptors (Lipinski definition) is 3. The molecule has 0 atom stereocenters. The van der Waals surface area contributed by atoms with Crippen LogP contribution in [0.2, 0.25) is 0 Å². The molecule has 2 rings (SSSR count). The van der Waals surface area contributed by atoms with E-state index in [1.54, 1.807) is 6.92 Å². The van der Waals surface area contributed by atoms with Gasteiger partial charge in [0.2, 0.25) is 0 Å². The largest absolute Gasteiger partial charge is 0.370 e. The third kappa shape index (κ3) is 3.88. The van der Waals surface area contributed by atoms with Crippen molar-refractivity contribution < 1.29 is 0 Å². The molecule has 17 heavy (non-hydrogen) atoms. The standard InChI is InChI=1S/C13H21N3O/c1-10-15-12(9-13(17)16-10)14-8-7-11-5-3-2-4-6-11/h9,11H,2-8H2,1H3,(H2,14,15,16,17). The first-order valence-corrected chi connectivity index (χ1v) is 6.56. The summed E-state index contributed by atoms with van der Waals surface area (Å²) in [6.45, 7) is 2.72. The zero-order chi connectivity index (χ0) is 12.1. The lowest BCUT2D eigenvalue weighted by Crippen LogP contribution is -2.15. The van der Waals surface area contributed by atoms with Gasteiger partial charge in [-0.1, -0.05) is 32.1 Å². The Morgan fingerprint density at radius 3 is 2.88 bits per heavy atom. The lowest BCUT2D eigenvalue weighted by atomic mass is 9.87. The first kappa shape index (κ1) is 12.1. The van der Waals surface area contributed by atoms with E-state index in [1.165, 1.54) is 44.6 Å². The summed E-state index contributed by atoms with van der Waals surface area (Å²) in [5.41, 5.74) is -0.0855. The number of aromatic nitrogens is 2. The summed E-state index contributed by atoms with van der Waals surface area (Å²) in [4.78, 5) is 18.1. The number of hydrogen-bond donors (Lipinski definition) is 2. The normalized spacial score (nSPS) is 17.0. The van der Waals surface area contributed by atoms with Crippen LogP contribution in [0.25, 0.3) is 0 Å². The molecule has 1 saturated carbocycles. The molecule has 0 spiro atoms. The molecule has 0 saturated heterocycles. The van der Waals surface area contributed by atoms with Crippen LogP contribution in [0.3, 0.4) is 0 Å². The highest BCUT2D eigenvalue weighted by Gasteiger charge is 2.12. The summed E-state index contributed by atoms with van der Waals surface area (Å²) in [5, 5.41) is 3.24. The minimum Gasteiger partial charge on any atom is -0.370 e. The van der Waals surface area contributed by atoms with Crippen LogP contribution in [0.4, 0.5) is 5.82 Å². The molecule has 1 aliphatic carbocycles. The van der Waals surface area contributed by atoms with E-state index in [2.05, 4.69) is 15.3 Å². The van der Waals surface area contributed by atoms with Crippen LogP contribution < -0.4 is 10.9 Å². The molecule has 0 amide bonds. The van der Waals surface area contributed by atoms with Gasteiger partial charge in [-0.25, -0.2) is 4.98 Å². The fourth-order valence-corrected chi connectivity index (χ4v) is 2.55. The molecule has 0 radical (unpaired) electrons. The molecular formula is C13H21N3O. The molecule has 1 aliphatic rings. The Morgan fingerprint density at radius 1 is 1.41 bits per heavy atom. The first-order valence-electron chi connectivity index (χ1n) is 6.56. The summed E-state index contributed by atoms with van der Waals surface area (Å²) in [6, 6.07) is 1.52. The molecule has 2 N–H and O–H groups in total. The van der Waals surface area contributed by atoms with E-state index < -0.39 is 0 Å². The van der Waals surface area contributed by atoms with Crippen LogP contribution >= 0.6 is 0 Å². The smallest absolute Gasteiger partial charge is 0.252 e. The maximum Gasteiger partial charge on any atom is 0.252 e. The van der Waals surface area contributed by atoms with Crippen molar-refractivity contribution in [2.75, 3.05) is 11.9 Å². The quantitative estimate of drug-likeness (QED) is 0.842. The Kier molecular flexibility index (Phi) is 4.18. The van der Waals surface area contributed by atoms with Gasteiger partial charge in [0.05, 0.1) is 0 Å². The average molecular weight is 235 g/mol. The van der Waals surface area contributed by atoms with Crippen molar-refractivity contribution in [3.05, 3.63) is 22.2 Å². The highest BCUT2D eigenvalue weighted by atomic mass is 16.1. The maximum absolute atomic E-state index is 11.2. The summed E-state index contributed by atoms with van der Waals surface area (Å²) in [5.74, 6) is 2.22. The molecule has 94 valence electrons. The Morgan fingerprint density at radius 2 is 2.18 bits per heavy atom. The van der Waals surface area contributed by atoms with Crippen molar-refractivity contribution in [1.82, 2.24) is 9.97 Å². The van der Waals surface area contributed by atoms with Gasteiger partial charge in [0, 0.05) is 12.6 Å².